The van der Waals surface area contributed by atoms with Crippen molar-refractivity contribution in [3.63, 3.8) is 0 Å². The molecule has 0 radical (unpaired) electrons. The molecule has 0 aliphatic carbocycles. The molecule has 0 aromatic heterocycles. The summed E-state index contributed by atoms with van der Waals surface area (Å²) in [7, 11) is 0. The fourth-order valence-electron chi connectivity index (χ4n) is 1.17. The quantitative estimate of drug-likeness (QED) is 0.635. The maximum atomic E-state index is 2.27. The number of hydrogen-bond donors (Lipinski definition) is 0. The largest absolute Gasteiger partial charge is 0.130 e. The standard InChI is InChI=1S/C11H16S/c1-4-9(2)10-5-7-11(12-3)8-6-10/h5-9H,4H2,1-3H3/t9-/m1/s1. The van der Waals surface area contributed by atoms with E-state index in [2.05, 4.69) is 44.4 Å². The van der Waals surface area contributed by atoms with Crippen LogP contribution >= 0.6 is 11.8 Å². The zero-order valence-corrected chi connectivity index (χ0v) is 8.82. The molecule has 1 aromatic rings. The first kappa shape index (κ1) is 9.66. The highest BCUT2D eigenvalue weighted by molar-refractivity contribution is 7.98. The second-order valence-corrected chi connectivity index (χ2v) is 3.96. The van der Waals surface area contributed by atoms with E-state index in [0.717, 1.165) is 0 Å². The Hall–Kier alpha value is -0.430. The van der Waals surface area contributed by atoms with Gasteiger partial charge in [-0.25, -0.2) is 0 Å². The Morgan fingerprint density at radius 1 is 1.25 bits per heavy atom. The first-order valence-corrected chi connectivity index (χ1v) is 5.64. The Morgan fingerprint density at radius 3 is 2.25 bits per heavy atom. The van der Waals surface area contributed by atoms with Crippen LogP contribution in [0.5, 0.6) is 0 Å². The van der Waals surface area contributed by atoms with E-state index in [4.69, 9.17) is 0 Å². The van der Waals surface area contributed by atoms with Crippen LogP contribution in [0.3, 0.4) is 0 Å². The summed E-state index contributed by atoms with van der Waals surface area (Å²) in [5, 5.41) is 0. The lowest BCUT2D eigenvalue weighted by molar-refractivity contribution is 0.733. The molecular formula is C11H16S. The van der Waals surface area contributed by atoms with Gasteiger partial charge in [-0.2, -0.15) is 0 Å². The molecule has 0 heterocycles. The molecule has 0 fully saturated rings. The van der Waals surface area contributed by atoms with Crippen molar-refractivity contribution in [1.29, 1.82) is 0 Å². The Bertz CT molecular complexity index is 225. The molecule has 1 aromatic carbocycles. The molecule has 1 rings (SSSR count). The van der Waals surface area contributed by atoms with Gasteiger partial charge in [0, 0.05) is 4.90 Å². The van der Waals surface area contributed by atoms with Gasteiger partial charge in [-0.05, 0) is 36.3 Å². The third kappa shape index (κ3) is 2.28. The molecule has 1 atom stereocenters. The fraction of sp³-hybridized carbons (Fsp3) is 0.455. The van der Waals surface area contributed by atoms with E-state index in [-0.39, 0.29) is 0 Å². The summed E-state index contributed by atoms with van der Waals surface area (Å²) in [4.78, 5) is 1.35. The topological polar surface area (TPSA) is 0 Å². The molecule has 0 saturated heterocycles. The van der Waals surface area contributed by atoms with Crippen LogP contribution in [0.4, 0.5) is 0 Å². The van der Waals surface area contributed by atoms with Crippen molar-refractivity contribution < 1.29 is 0 Å². The average molecular weight is 180 g/mol. The molecule has 0 N–H and O–H groups in total. The minimum atomic E-state index is 0.695. The SMILES string of the molecule is CC[C@@H](C)c1ccc(SC)cc1. The summed E-state index contributed by atoms with van der Waals surface area (Å²) in [6.07, 6.45) is 3.33. The first-order chi connectivity index (χ1) is 5.77. The van der Waals surface area contributed by atoms with Gasteiger partial charge >= 0.3 is 0 Å². The van der Waals surface area contributed by atoms with Gasteiger partial charge < -0.3 is 0 Å². The van der Waals surface area contributed by atoms with Gasteiger partial charge in [0.1, 0.15) is 0 Å². The summed E-state index contributed by atoms with van der Waals surface area (Å²) in [5.74, 6) is 0.695. The number of rotatable bonds is 3. The van der Waals surface area contributed by atoms with Gasteiger partial charge in [0.05, 0.1) is 0 Å². The lowest BCUT2D eigenvalue weighted by Crippen LogP contribution is -1.89. The van der Waals surface area contributed by atoms with Gasteiger partial charge in [0.25, 0.3) is 0 Å². The van der Waals surface area contributed by atoms with Gasteiger partial charge in [-0.3, -0.25) is 0 Å². The highest BCUT2D eigenvalue weighted by atomic mass is 32.2. The van der Waals surface area contributed by atoms with Gasteiger partial charge in [0.15, 0.2) is 0 Å². The maximum absolute atomic E-state index is 2.27. The Balaban J connectivity index is 2.77. The van der Waals surface area contributed by atoms with Crippen molar-refractivity contribution >= 4 is 11.8 Å². The van der Waals surface area contributed by atoms with Gasteiger partial charge in [-0.15, -0.1) is 11.8 Å². The zero-order valence-electron chi connectivity index (χ0n) is 8.00. The minimum Gasteiger partial charge on any atom is -0.130 e. The van der Waals surface area contributed by atoms with Crippen molar-refractivity contribution in [1.82, 2.24) is 0 Å². The Morgan fingerprint density at radius 2 is 1.83 bits per heavy atom. The van der Waals surface area contributed by atoms with Crippen LogP contribution in [0.15, 0.2) is 29.2 Å². The van der Waals surface area contributed by atoms with Crippen LogP contribution in [0, 0.1) is 0 Å². The predicted molar refractivity (Wildman–Crippen MR) is 56.9 cm³/mol. The molecule has 12 heavy (non-hydrogen) atoms. The van der Waals surface area contributed by atoms with Crippen LogP contribution in [-0.2, 0) is 0 Å². The van der Waals surface area contributed by atoms with Crippen LogP contribution < -0.4 is 0 Å². The fourth-order valence-corrected chi connectivity index (χ4v) is 1.58. The predicted octanol–water partition coefficient (Wildman–Crippen LogP) is 3.92. The minimum absolute atomic E-state index is 0.695. The number of thioether (sulfide) groups is 1. The molecule has 0 saturated carbocycles. The molecule has 0 aliphatic rings. The van der Waals surface area contributed by atoms with Gasteiger partial charge in [0.2, 0.25) is 0 Å². The molecular weight excluding hydrogens is 164 g/mol. The second kappa shape index (κ2) is 4.56. The maximum Gasteiger partial charge on any atom is 0.00693 e. The monoisotopic (exact) mass is 180 g/mol. The van der Waals surface area contributed by atoms with E-state index >= 15 is 0 Å². The summed E-state index contributed by atoms with van der Waals surface area (Å²) < 4.78 is 0. The Labute approximate surface area is 79.4 Å². The van der Waals surface area contributed by atoms with Gasteiger partial charge in [-0.1, -0.05) is 26.0 Å². The lowest BCUT2D eigenvalue weighted by atomic mass is 9.99. The summed E-state index contributed by atoms with van der Waals surface area (Å²) in [6, 6.07) is 8.87. The summed E-state index contributed by atoms with van der Waals surface area (Å²) >= 11 is 1.80. The molecule has 0 bridgehead atoms. The van der Waals surface area contributed by atoms with E-state index in [1.165, 1.54) is 16.9 Å². The van der Waals surface area contributed by atoms with Crippen molar-refractivity contribution in [2.75, 3.05) is 6.26 Å². The first-order valence-electron chi connectivity index (χ1n) is 4.42. The molecule has 66 valence electrons. The zero-order chi connectivity index (χ0) is 8.97. The molecule has 0 nitrogen and oxygen atoms in total. The lowest BCUT2D eigenvalue weighted by Gasteiger charge is -2.08. The number of hydrogen-bond acceptors (Lipinski definition) is 1. The third-order valence-electron chi connectivity index (χ3n) is 2.30. The summed E-state index contributed by atoms with van der Waals surface area (Å²) in [6.45, 7) is 4.50. The normalized spacial score (nSPS) is 12.9. The number of benzene rings is 1. The molecule has 0 aliphatic heterocycles. The van der Waals surface area contributed by atoms with Crippen LogP contribution in [0.1, 0.15) is 31.7 Å². The van der Waals surface area contributed by atoms with E-state index in [1.54, 1.807) is 11.8 Å². The molecule has 0 spiro atoms. The smallest absolute Gasteiger partial charge is 0.00693 e. The highest BCUT2D eigenvalue weighted by Crippen LogP contribution is 2.21. The van der Waals surface area contributed by atoms with Crippen molar-refractivity contribution in [3.8, 4) is 0 Å². The van der Waals surface area contributed by atoms with Crippen molar-refractivity contribution in [2.45, 2.75) is 31.1 Å². The van der Waals surface area contributed by atoms with E-state index in [0.29, 0.717) is 5.92 Å². The molecule has 0 unspecified atom stereocenters. The van der Waals surface area contributed by atoms with E-state index in [1.807, 2.05) is 0 Å². The van der Waals surface area contributed by atoms with Crippen molar-refractivity contribution in [3.05, 3.63) is 29.8 Å². The average Bonchev–Trinajstić information content (AvgIpc) is 2.17. The second-order valence-electron chi connectivity index (χ2n) is 3.08. The summed E-state index contributed by atoms with van der Waals surface area (Å²) in [5.41, 5.74) is 1.45. The van der Waals surface area contributed by atoms with Crippen LogP contribution in [0.25, 0.3) is 0 Å². The van der Waals surface area contributed by atoms with Crippen molar-refractivity contribution in [2.24, 2.45) is 0 Å². The van der Waals surface area contributed by atoms with Crippen LogP contribution in [-0.4, -0.2) is 6.26 Å². The van der Waals surface area contributed by atoms with E-state index < -0.39 is 0 Å². The van der Waals surface area contributed by atoms with Crippen LogP contribution in [0.2, 0.25) is 0 Å². The third-order valence-corrected chi connectivity index (χ3v) is 3.04. The Kier molecular flexibility index (Phi) is 3.67. The van der Waals surface area contributed by atoms with E-state index in [9.17, 15) is 0 Å². The molecule has 0 amide bonds. The highest BCUT2D eigenvalue weighted by Gasteiger charge is 2.01. The molecule has 1 heteroatoms.